The molecule has 0 unspecified atom stereocenters. The van der Waals surface area contributed by atoms with Gasteiger partial charge in [0.2, 0.25) is 0 Å². The van der Waals surface area contributed by atoms with Gasteiger partial charge in [0.25, 0.3) is 17.7 Å². The molecule has 1 heterocycles. The number of carbonyl (C=O) groups is 5. The molecular weight excluding hydrogens is 404 g/mol. The van der Waals surface area contributed by atoms with Gasteiger partial charge in [-0.25, -0.2) is 4.79 Å². The van der Waals surface area contributed by atoms with Gasteiger partial charge >= 0.3 is 11.9 Å². The summed E-state index contributed by atoms with van der Waals surface area (Å²) in [5, 5.41) is 2.61. The first-order valence-electron chi connectivity index (χ1n) is 9.41. The maximum absolute atomic E-state index is 13.0. The van der Waals surface area contributed by atoms with Gasteiger partial charge in [-0.05, 0) is 30.7 Å². The predicted octanol–water partition coefficient (Wildman–Crippen LogP) is 2.06. The minimum Gasteiger partial charge on any atom is -0.469 e. The number of methoxy groups -OCH3 is 2. The Bertz CT molecular complexity index is 1090. The number of esters is 2. The second kappa shape index (κ2) is 8.78. The minimum absolute atomic E-state index is 0.0145. The standard InChI is InChI=1S/C22H20N2O7/c1-4-24-20(27)17-13(11-16(25)30-2)14(22(29)31-3)10-15(18(17)21(24)28)23-19(26)12-8-6-5-7-9-12/h5-10H,4,11H2,1-3H3,(H,23,26). The van der Waals surface area contributed by atoms with E-state index in [0.29, 0.717) is 5.56 Å². The Hall–Kier alpha value is -4.01. The maximum atomic E-state index is 13.0. The molecule has 31 heavy (non-hydrogen) atoms. The molecule has 0 aliphatic carbocycles. The van der Waals surface area contributed by atoms with Crippen molar-refractivity contribution in [2.75, 3.05) is 26.1 Å². The van der Waals surface area contributed by atoms with Gasteiger partial charge in [0.15, 0.2) is 0 Å². The monoisotopic (exact) mass is 424 g/mol. The van der Waals surface area contributed by atoms with E-state index in [0.717, 1.165) is 12.0 Å². The number of hydrogen-bond acceptors (Lipinski definition) is 7. The van der Waals surface area contributed by atoms with Crippen LogP contribution in [0.4, 0.5) is 5.69 Å². The van der Waals surface area contributed by atoms with Crippen LogP contribution in [0.5, 0.6) is 0 Å². The summed E-state index contributed by atoms with van der Waals surface area (Å²) in [4.78, 5) is 64.1. The second-order valence-corrected chi connectivity index (χ2v) is 6.62. The Morgan fingerprint density at radius 3 is 2.19 bits per heavy atom. The molecule has 0 aromatic heterocycles. The fraction of sp³-hybridized carbons (Fsp3) is 0.227. The summed E-state index contributed by atoms with van der Waals surface area (Å²) in [5.41, 5.74) is -0.00758. The van der Waals surface area contributed by atoms with Gasteiger partial charge in [-0.3, -0.25) is 24.1 Å². The molecule has 3 rings (SSSR count). The van der Waals surface area contributed by atoms with Crippen LogP contribution >= 0.6 is 0 Å². The molecule has 9 nitrogen and oxygen atoms in total. The third kappa shape index (κ3) is 3.89. The van der Waals surface area contributed by atoms with Crippen LogP contribution in [0.3, 0.4) is 0 Å². The molecule has 1 aliphatic heterocycles. The van der Waals surface area contributed by atoms with Crippen molar-refractivity contribution in [3.8, 4) is 0 Å². The fourth-order valence-corrected chi connectivity index (χ4v) is 3.41. The summed E-state index contributed by atoms with van der Waals surface area (Å²) < 4.78 is 9.48. The number of carbonyl (C=O) groups excluding carboxylic acids is 5. The Morgan fingerprint density at radius 1 is 0.968 bits per heavy atom. The van der Waals surface area contributed by atoms with Crippen molar-refractivity contribution in [1.82, 2.24) is 4.90 Å². The first-order valence-corrected chi connectivity index (χ1v) is 9.41. The molecule has 160 valence electrons. The molecule has 2 aromatic rings. The molecule has 1 N–H and O–H groups in total. The highest BCUT2D eigenvalue weighted by molar-refractivity contribution is 6.26. The molecular formula is C22H20N2O7. The lowest BCUT2D eigenvalue weighted by atomic mass is 9.93. The Morgan fingerprint density at radius 2 is 1.61 bits per heavy atom. The molecule has 0 atom stereocenters. The van der Waals surface area contributed by atoms with Crippen molar-refractivity contribution in [2.45, 2.75) is 13.3 Å². The average Bonchev–Trinajstić information content (AvgIpc) is 3.04. The number of ether oxygens (including phenoxy) is 2. The molecule has 0 fully saturated rings. The number of fused-ring (bicyclic) bond motifs is 1. The number of benzene rings is 2. The number of nitrogens with one attached hydrogen (secondary N) is 1. The molecule has 0 bridgehead atoms. The van der Waals surface area contributed by atoms with Crippen molar-refractivity contribution in [3.63, 3.8) is 0 Å². The average molecular weight is 424 g/mol. The zero-order valence-electron chi connectivity index (χ0n) is 17.2. The van der Waals surface area contributed by atoms with Crippen LogP contribution in [0, 0.1) is 0 Å². The lowest BCUT2D eigenvalue weighted by Gasteiger charge is -2.15. The third-order valence-electron chi connectivity index (χ3n) is 4.91. The van der Waals surface area contributed by atoms with E-state index in [1.54, 1.807) is 37.3 Å². The quantitative estimate of drug-likeness (QED) is 0.557. The molecule has 0 radical (unpaired) electrons. The number of rotatable bonds is 6. The highest BCUT2D eigenvalue weighted by Crippen LogP contribution is 2.35. The van der Waals surface area contributed by atoms with E-state index in [1.807, 2.05) is 0 Å². The number of anilines is 1. The topological polar surface area (TPSA) is 119 Å². The van der Waals surface area contributed by atoms with E-state index < -0.39 is 36.1 Å². The minimum atomic E-state index is -0.827. The van der Waals surface area contributed by atoms with Gasteiger partial charge in [0, 0.05) is 12.1 Å². The van der Waals surface area contributed by atoms with Crippen LogP contribution in [0.25, 0.3) is 0 Å². The van der Waals surface area contributed by atoms with E-state index in [-0.39, 0.29) is 34.5 Å². The first-order chi connectivity index (χ1) is 14.8. The van der Waals surface area contributed by atoms with Gasteiger partial charge in [0.1, 0.15) is 0 Å². The number of hydrogen-bond donors (Lipinski definition) is 1. The summed E-state index contributed by atoms with van der Waals surface area (Å²) in [6.45, 7) is 1.69. The van der Waals surface area contributed by atoms with Crippen LogP contribution in [0.15, 0.2) is 36.4 Å². The molecule has 2 aromatic carbocycles. The van der Waals surface area contributed by atoms with E-state index in [2.05, 4.69) is 10.1 Å². The smallest absolute Gasteiger partial charge is 0.338 e. The van der Waals surface area contributed by atoms with Crippen molar-refractivity contribution < 1.29 is 33.4 Å². The van der Waals surface area contributed by atoms with E-state index in [4.69, 9.17) is 4.74 Å². The van der Waals surface area contributed by atoms with E-state index in [1.165, 1.54) is 13.2 Å². The van der Waals surface area contributed by atoms with Crippen LogP contribution in [-0.2, 0) is 20.7 Å². The fourth-order valence-electron chi connectivity index (χ4n) is 3.41. The van der Waals surface area contributed by atoms with Crippen molar-refractivity contribution in [2.24, 2.45) is 0 Å². The number of nitrogens with zero attached hydrogens (tertiary/aromatic N) is 1. The van der Waals surface area contributed by atoms with E-state index in [9.17, 15) is 24.0 Å². The number of amides is 3. The van der Waals surface area contributed by atoms with Crippen LogP contribution in [-0.4, -0.2) is 55.3 Å². The third-order valence-corrected chi connectivity index (χ3v) is 4.91. The van der Waals surface area contributed by atoms with Gasteiger partial charge in [-0.2, -0.15) is 0 Å². The summed E-state index contributed by atoms with van der Waals surface area (Å²) in [6, 6.07) is 9.49. The predicted molar refractivity (Wildman–Crippen MR) is 109 cm³/mol. The van der Waals surface area contributed by atoms with E-state index >= 15 is 0 Å². The molecule has 3 amide bonds. The SMILES string of the molecule is CCN1C(=O)c2c(NC(=O)c3ccccc3)cc(C(=O)OC)c(CC(=O)OC)c2C1=O. The van der Waals surface area contributed by atoms with Gasteiger partial charge < -0.3 is 14.8 Å². The largest absolute Gasteiger partial charge is 0.469 e. The van der Waals surface area contributed by atoms with Crippen LogP contribution in [0.2, 0.25) is 0 Å². The molecule has 0 saturated heterocycles. The highest BCUT2D eigenvalue weighted by atomic mass is 16.5. The lowest BCUT2D eigenvalue weighted by Crippen LogP contribution is -2.29. The van der Waals surface area contributed by atoms with Crippen molar-refractivity contribution >= 4 is 35.3 Å². The van der Waals surface area contributed by atoms with Crippen molar-refractivity contribution in [1.29, 1.82) is 0 Å². The maximum Gasteiger partial charge on any atom is 0.338 e. The van der Waals surface area contributed by atoms with Crippen LogP contribution < -0.4 is 5.32 Å². The summed E-state index contributed by atoms with van der Waals surface area (Å²) in [5.74, 6) is -3.36. The molecule has 9 heteroatoms. The van der Waals surface area contributed by atoms with Gasteiger partial charge in [0.05, 0.1) is 43.0 Å². The zero-order valence-corrected chi connectivity index (χ0v) is 17.2. The van der Waals surface area contributed by atoms with Crippen molar-refractivity contribution in [3.05, 3.63) is 64.2 Å². The highest BCUT2D eigenvalue weighted by Gasteiger charge is 2.41. The Kier molecular flexibility index (Phi) is 6.15. The second-order valence-electron chi connectivity index (χ2n) is 6.62. The molecule has 0 saturated carbocycles. The lowest BCUT2D eigenvalue weighted by molar-refractivity contribution is -0.139. The summed E-state index contributed by atoms with van der Waals surface area (Å²) in [6.07, 6.45) is -0.424. The van der Waals surface area contributed by atoms with Gasteiger partial charge in [-0.1, -0.05) is 18.2 Å². The molecule has 0 spiro atoms. The zero-order chi connectivity index (χ0) is 22.7. The van der Waals surface area contributed by atoms with Gasteiger partial charge in [-0.15, -0.1) is 0 Å². The number of imide groups is 1. The molecule has 1 aliphatic rings. The summed E-state index contributed by atoms with van der Waals surface area (Å²) in [7, 11) is 2.31. The first kappa shape index (κ1) is 21.7. The summed E-state index contributed by atoms with van der Waals surface area (Å²) >= 11 is 0. The Balaban J connectivity index is 2.23. The Labute approximate surface area is 177 Å². The van der Waals surface area contributed by atoms with Crippen LogP contribution in [0.1, 0.15) is 53.9 Å². The normalized spacial score (nSPS) is 12.4.